The van der Waals surface area contributed by atoms with Gasteiger partial charge in [-0.3, -0.25) is 20.8 Å². The zero-order valence-corrected chi connectivity index (χ0v) is 21.3. The van der Waals surface area contributed by atoms with Crippen molar-refractivity contribution in [3.63, 3.8) is 0 Å². The monoisotopic (exact) mass is 505 g/mol. The maximum Gasteiger partial charge on any atom is 0.0867 e. The predicted molar refractivity (Wildman–Crippen MR) is 162 cm³/mol. The molecule has 5 nitrogen and oxygen atoms in total. The average molecular weight is 506 g/mol. The summed E-state index contributed by atoms with van der Waals surface area (Å²) in [5.74, 6) is 0. The van der Waals surface area contributed by atoms with E-state index in [-0.39, 0.29) is 11.4 Å². The number of nitrogen functional groups attached to an aromatic ring is 1. The third kappa shape index (κ3) is 6.12. The van der Waals surface area contributed by atoms with E-state index in [9.17, 15) is 0 Å². The summed E-state index contributed by atoms with van der Waals surface area (Å²) in [5, 5.41) is 16.8. The lowest BCUT2D eigenvalue weighted by atomic mass is 9.87. The number of anilines is 1. The number of pyridine rings is 2. The fraction of sp³-hybridized carbons (Fsp3) is 0. The molecule has 5 heteroatoms. The molecular weight excluding hydrogens is 478 g/mol. The summed E-state index contributed by atoms with van der Waals surface area (Å²) in [6.45, 7) is 0. The molecule has 0 bridgehead atoms. The van der Waals surface area contributed by atoms with Crippen LogP contribution in [0, 0.1) is 10.8 Å². The summed E-state index contributed by atoms with van der Waals surface area (Å²) in [6.07, 6.45) is 7.31. The molecule has 0 spiro atoms. The van der Waals surface area contributed by atoms with Crippen LogP contribution in [0.4, 0.5) is 5.69 Å². The van der Waals surface area contributed by atoms with E-state index >= 15 is 0 Å². The molecule has 1 aliphatic carbocycles. The van der Waals surface area contributed by atoms with Crippen molar-refractivity contribution in [2.45, 2.75) is 0 Å². The van der Waals surface area contributed by atoms with Crippen LogP contribution in [0.3, 0.4) is 0 Å². The summed E-state index contributed by atoms with van der Waals surface area (Å²) >= 11 is 0. The van der Waals surface area contributed by atoms with Gasteiger partial charge in [0.2, 0.25) is 0 Å². The minimum atomic E-state index is 0.208. The molecule has 2 heterocycles. The first-order chi connectivity index (χ1) is 19.1. The van der Waals surface area contributed by atoms with Gasteiger partial charge in [-0.2, -0.15) is 0 Å². The zero-order chi connectivity index (χ0) is 27.0. The normalized spacial score (nSPS) is 12.6. The van der Waals surface area contributed by atoms with E-state index in [1.807, 2.05) is 121 Å². The molecule has 3 aromatic carbocycles. The van der Waals surface area contributed by atoms with Crippen LogP contribution in [0.5, 0.6) is 0 Å². The Hall–Kier alpha value is -5.42. The van der Waals surface area contributed by atoms with Crippen LogP contribution in [-0.4, -0.2) is 21.4 Å². The van der Waals surface area contributed by atoms with Gasteiger partial charge in [-0.15, -0.1) is 0 Å². The Bertz CT molecular complexity index is 1640. The SMILES string of the molecule is N=C1C=C(c2ccc(-c3ccccn3)cc2)C=C(c2ccc(-c3ccccn3)cc2)C1=N.Nc1ccccc1. The number of allylic oxidation sites excluding steroid dienone is 4. The molecule has 4 N–H and O–H groups in total. The van der Waals surface area contributed by atoms with Crippen LogP contribution < -0.4 is 5.73 Å². The highest BCUT2D eigenvalue weighted by molar-refractivity contribution is 6.61. The molecule has 0 atom stereocenters. The van der Waals surface area contributed by atoms with Gasteiger partial charge in [-0.1, -0.05) is 78.9 Å². The Morgan fingerprint density at radius 1 is 0.487 bits per heavy atom. The summed E-state index contributed by atoms with van der Waals surface area (Å²) in [6, 6.07) is 37.3. The topological polar surface area (TPSA) is 99.5 Å². The second-order valence-electron chi connectivity index (χ2n) is 8.94. The molecule has 39 heavy (non-hydrogen) atoms. The van der Waals surface area contributed by atoms with E-state index in [0.29, 0.717) is 0 Å². The Labute approximate surface area is 228 Å². The second kappa shape index (κ2) is 11.8. The Kier molecular flexibility index (Phi) is 7.61. The van der Waals surface area contributed by atoms with Crippen molar-refractivity contribution < 1.29 is 0 Å². The maximum atomic E-state index is 8.45. The number of nitrogens with one attached hydrogen (secondary N) is 2. The van der Waals surface area contributed by atoms with Crippen molar-refractivity contribution in [2.24, 2.45) is 0 Å². The van der Waals surface area contributed by atoms with Crippen molar-refractivity contribution in [3.8, 4) is 22.5 Å². The van der Waals surface area contributed by atoms with Gasteiger partial charge in [-0.05, 0) is 65.3 Å². The molecule has 0 fully saturated rings. The third-order valence-corrected chi connectivity index (χ3v) is 6.27. The molecule has 0 amide bonds. The van der Waals surface area contributed by atoms with Gasteiger partial charge in [0, 0.05) is 34.8 Å². The Morgan fingerprint density at radius 3 is 1.44 bits per heavy atom. The van der Waals surface area contributed by atoms with Crippen molar-refractivity contribution in [2.75, 3.05) is 5.73 Å². The van der Waals surface area contributed by atoms with Crippen LogP contribution in [0.1, 0.15) is 11.1 Å². The minimum absolute atomic E-state index is 0.208. The highest BCUT2D eigenvalue weighted by Gasteiger charge is 2.18. The van der Waals surface area contributed by atoms with Crippen LogP contribution in [0.25, 0.3) is 33.7 Å². The van der Waals surface area contributed by atoms with Gasteiger partial charge in [0.05, 0.1) is 22.8 Å². The number of hydrogen-bond donors (Lipinski definition) is 3. The fourth-order valence-corrected chi connectivity index (χ4v) is 4.21. The summed E-state index contributed by atoms with van der Waals surface area (Å²) in [4.78, 5) is 8.79. The van der Waals surface area contributed by atoms with Gasteiger partial charge >= 0.3 is 0 Å². The Balaban J connectivity index is 0.000000384. The molecule has 5 aromatic rings. The molecular formula is C34H27N5. The summed E-state index contributed by atoms with van der Waals surface area (Å²) in [7, 11) is 0. The first-order valence-corrected chi connectivity index (χ1v) is 12.5. The van der Waals surface area contributed by atoms with Crippen molar-refractivity contribution in [1.29, 1.82) is 10.8 Å². The van der Waals surface area contributed by atoms with Gasteiger partial charge in [0.15, 0.2) is 0 Å². The Morgan fingerprint density at radius 2 is 0.974 bits per heavy atom. The van der Waals surface area contributed by atoms with E-state index in [4.69, 9.17) is 16.6 Å². The molecule has 6 rings (SSSR count). The number of hydrogen-bond acceptors (Lipinski definition) is 5. The molecule has 0 radical (unpaired) electrons. The van der Waals surface area contributed by atoms with E-state index in [1.165, 1.54) is 0 Å². The number of rotatable bonds is 4. The lowest BCUT2D eigenvalue weighted by molar-refractivity contribution is 1.32. The van der Waals surface area contributed by atoms with Crippen LogP contribution in [0.15, 0.2) is 140 Å². The van der Waals surface area contributed by atoms with E-state index < -0.39 is 0 Å². The largest absolute Gasteiger partial charge is 0.399 e. The van der Waals surface area contributed by atoms with E-state index in [1.54, 1.807) is 18.5 Å². The van der Waals surface area contributed by atoms with E-state index in [0.717, 1.165) is 50.5 Å². The zero-order valence-electron chi connectivity index (χ0n) is 21.3. The number of aromatic nitrogens is 2. The van der Waals surface area contributed by atoms with E-state index in [2.05, 4.69) is 9.97 Å². The van der Waals surface area contributed by atoms with Gasteiger partial charge in [0.1, 0.15) is 0 Å². The fourth-order valence-electron chi connectivity index (χ4n) is 4.21. The van der Waals surface area contributed by atoms with Crippen LogP contribution in [-0.2, 0) is 0 Å². The number of benzene rings is 3. The van der Waals surface area contributed by atoms with Gasteiger partial charge in [0.25, 0.3) is 0 Å². The molecule has 0 unspecified atom stereocenters. The van der Waals surface area contributed by atoms with Crippen molar-refractivity contribution in [3.05, 3.63) is 151 Å². The average Bonchev–Trinajstić information content (AvgIpc) is 3.00. The highest BCUT2D eigenvalue weighted by Crippen LogP contribution is 2.30. The van der Waals surface area contributed by atoms with Crippen LogP contribution in [0.2, 0.25) is 0 Å². The third-order valence-electron chi connectivity index (χ3n) is 6.27. The van der Waals surface area contributed by atoms with Crippen molar-refractivity contribution in [1.82, 2.24) is 9.97 Å². The predicted octanol–water partition coefficient (Wildman–Crippen LogP) is 7.60. The lowest BCUT2D eigenvalue weighted by Crippen LogP contribution is -2.15. The first kappa shape index (κ1) is 25.2. The molecule has 0 aliphatic heterocycles. The molecule has 188 valence electrons. The molecule has 1 aliphatic rings. The first-order valence-electron chi connectivity index (χ1n) is 12.5. The summed E-state index contributed by atoms with van der Waals surface area (Å²) in [5.41, 5.74) is 14.1. The highest BCUT2D eigenvalue weighted by atomic mass is 14.7. The molecule has 2 aromatic heterocycles. The number of nitrogens with zero attached hydrogens (tertiary/aromatic N) is 2. The number of nitrogens with two attached hydrogens (primary N) is 1. The van der Waals surface area contributed by atoms with Gasteiger partial charge < -0.3 is 5.73 Å². The second-order valence-corrected chi connectivity index (χ2v) is 8.94. The molecule has 0 saturated heterocycles. The minimum Gasteiger partial charge on any atom is -0.399 e. The standard InChI is InChI=1S/C28H20N4.C6H7N/c29-25-18-23(19-7-11-21(12-8-19)26-5-1-3-15-31-26)17-24(28(25)30)20-9-13-22(14-10-20)27-6-2-4-16-32-27;7-6-4-2-1-3-5-6/h1-18,29-30H;1-5H,7H2. The quantitative estimate of drug-likeness (QED) is 0.173. The smallest absolute Gasteiger partial charge is 0.0867 e. The lowest BCUT2D eigenvalue weighted by Gasteiger charge is -2.17. The number of para-hydroxylation sites is 1. The summed E-state index contributed by atoms with van der Waals surface area (Å²) < 4.78 is 0. The molecule has 0 saturated carbocycles. The maximum absolute atomic E-state index is 8.45. The van der Waals surface area contributed by atoms with Crippen LogP contribution >= 0.6 is 0 Å². The van der Waals surface area contributed by atoms with Crippen molar-refractivity contribution >= 4 is 28.3 Å². The van der Waals surface area contributed by atoms with Gasteiger partial charge in [-0.25, -0.2) is 0 Å².